The van der Waals surface area contributed by atoms with Crippen LogP contribution in [0.5, 0.6) is 0 Å². The molecule has 1 amide bonds. The van der Waals surface area contributed by atoms with Crippen molar-refractivity contribution in [3.05, 3.63) is 42.2 Å². The topological polar surface area (TPSA) is 72.1 Å². The number of anilines is 1. The zero-order valence-electron chi connectivity index (χ0n) is 14.8. The van der Waals surface area contributed by atoms with E-state index in [1.165, 1.54) is 10.4 Å². The van der Waals surface area contributed by atoms with Crippen LogP contribution in [-0.2, 0) is 4.79 Å². The highest BCUT2D eigenvalue weighted by Crippen LogP contribution is 2.37. The van der Waals surface area contributed by atoms with Crippen LogP contribution in [0.1, 0.15) is 25.1 Å². The maximum atomic E-state index is 11.3. The Morgan fingerprint density at radius 3 is 2.88 bits per heavy atom. The largest absolute Gasteiger partial charge is 0.370 e. The maximum Gasteiger partial charge on any atom is 0.217 e. The second-order valence-electron chi connectivity index (χ2n) is 6.91. The molecule has 1 aliphatic rings. The van der Waals surface area contributed by atoms with Crippen molar-refractivity contribution < 1.29 is 4.79 Å². The van der Waals surface area contributed by atoms with Gasteiger partial charge in [-0.1, -0.05) is 30.3 Å². The molecule has 0 aliphatic carbocycles. The van der Waals surface area contributed by atoms with Gasteiger partial charge >= 0.3 is 0 Å². The zero-order chi connectivity index (χ0) is 18.1. The average molecular weight is 366 g/mol. The van der Waals surface area contributed by atoms with E-state index < -0.39 is 0 Å². The van der Waals surface area contributed by atoms with E-state index in [0.717, 1.165) is 47.8 Å². The standard InChI is InChI=1S/C20H22N4OS/c1-13-22-19(24-9-5-6-14(12-24)10-18(21)25)16-11-17(26-20(16)23-13)15-7-3-2-4-8-15/h2-4,7-8,11,14H,5-6,9-10,12H2,1H3,(H2,21,25). The lowest BCUT2D eigenvalue weighted by Crippen LogP contribution is -2.37. The van der Waals surface area contributed by atoms with Crippen LogP contribution in [0.3, 0.4) is 0 Å². The van der Waals surface area contributed by atoms with Crippen molar-refractivity contribution in [1.29, 1.82) is 0 Å². The third-order valence-electron chi connectivity index (χ3n) is 4.85. The van der Waals surface area contributed by atoms with Gasteiger partial charge in [-0.25, -0.2) is 9.97 Å². The molecule has 3 heterocycles. The number of aryl methyl sites for hydroxylation is 1. The smallest absolute Gasteiger partial charge is 0.217 e. The van der Waals surface area contributed by atoms with Crippen molar-refractivity contribution in [3.8, 4) is 10.4 Å². The highest BCUT2D eigenvalue weighted by atomic mass is 32.1. The minimum absolute atomic E-state index is 0.220. The first kappa shape index (κ1) is 17.0. The average Bonchev–Trinajstić information content (AvgIpc) is 3.05. The number of fused-ring (bicyclic) bond motifs is 1. The van der Waals surface area contributed by atoms with E-state index in [9.17, 15) is 4.79 Å². The fourth-order valence-corrected chi connectivity index (χ4v) is 4.78. The molecule has 3 aromatic rings. The van der Waals surface area contributed by atoms with E-state index in [2.05, 4.69) is 40.2 Å². The number of benzene rings is 1. The number of hydrogen-bond donors (Lipinski definition) is 1. The fourth-order valence-electron chi connectivity index (χ4n) is 3.70. The molecule has 1 fully saturated rings. The molecular weight excluding hydrogens is 344 g/mol. The van der Waals surface area contributed by atoms with E-state index in [-0.39, 0.29) is 5.91 Å². The summed E-state index contributed by atoms with van der Waals surface area (Å²) >= 11 is 1.70. The van der Waals surface area contributed by atoms with Crippen molar-refractivity contribution >= 4 is 33.3 Å². The number of thiophene rings is 1. The first-order chi connectivity index (χ1) is 12.6. The molecule has 1 unspecified atom stereocenters. The van der Waals surface area contributed by atoms with Crippen LogP contribution in [0.2, 0.25) is 0 Å². The molecule has 1 aliphatic heterocycles. The molecule has 5 nitrogen and oxygen atoms in total. The molecule has 26 heavy (non-hydrogen) atoms. The summed E-state index contributed by atoms with van der Waals surface area (Å²) in [6, 6.07) is 12.6. The van der Waals surface area contributed by atoms with Crippen LogP contribution in [0.25, 0.3) is 20.7 Å². The predicted octanol–water partition coefficient (Wildman–Crippen LogP) is 3.76. The molecular formula is C20H22N4OS. The number of primary amides is 1. The van der Waals surface area contributed by atoms with Gasteiger partial charge in [0.1, 0.15) is 16.5 Å². The van der Waals surface area contributed by atoms with Crippen molar-refractivity contribution in [1.82, 2.24) is 9.97 Å². The molecule has 0 spiro atoms. The van der Waals surface area contributed by atoms with Gasteiger partial charge in [-0.05, 0) is 37.3 Å². The number of carbonyl (C=O) groups excluding carboxylic acids is 1. The third-order valence-corrected chi connectivity index (χ3v) is 5.93. The highest BCUT2D eigenvalue weighted by Gasteiger charge is 2.24. The lowest BCUT2D eigenvalue weighted by Gasteiger charge is -2.33. The monoisotopic (exact) mass is 366 g/mol. The Labute approximate surface area is 156 Å². The lowest BCUT2D eigenvalue weighted by molar-refractivity contribution is -0.118. The molecule has 6 heteroatoms. The number of nitrogens with zero attached hydrogens (tertiary/aromatic N) is 3. The van der Waals surface area contributed by atoms with Gasteiger partial charge in [0.25, 0.3) is 0 Å². The number of piperidine rings is 1. The normalized spacial score (nSPS) is 17.6. The molecule has 4 rings (SSSR count). The molecule has 1 atom stereocenters. The van der Waals surface area contributed by atoms with Crippen molar-refractivity contribution in [2.24, 2.45) is 11.7 Å². The Hall–Kier alpha value is -2.47. The number of nitrogens with two attached hydrogens (primary N) is 1. The number of carbonyl (C=O) groups is 1. The molecule has 0 radical (unpaired) electrons. The van der Waals surface area contributed by atoms with Crippen LogP contribution >= 0.6 is 11.3 Å². The second kappa shape index (κ2) is 7.03. The van der Waals surface area contributed by atoms with Crippen LogP contribution < -0.4 is 10.6 Å². The predicted molar refractivity (Wildman–Crippen MR) is 106 cm³/mol. The van der Waals surface area contributed by atoms with Crippen LogP contribution in [0.4, 0.5) is 5.82 Å². The van der Waals surface area contributed by atoms with Gasteiger partial charge in [-0.2, -0.15) is 0 Å². The van der Waals surface area contributed by atoms with E-state index in [4.69, 9.17) is 10.7 Å². The summed E-state index contributed by atoms with van der Waals surface area (Å²) in [6.45, 7) is 3.72. The summed E-state index contributed by atoms with van der Waals surface area (Å²) in [5.41, 5.74) is 6.61. The van der Waals surface area contributed by atoms with Crippen molar-refractivity contribution in [2.45, 2.75) is 26.2 Å². The third kappa shape index (κ3) is 3.42. The summed E-state index contributed by atoms with van der Waals surface area (Å²) in [7, 11) is 0. The zero-order valence-corrected chi connectivity index (χ0v) is 15.6. The van der Waals surface area contributed by atoms with Crippen molar-refractivity contribution in [3.63, 3.8) is 0 Å². The minimum atomic E-state index is -0.220. The van der Waals surface area contributed by atoms with Crippen LogP contribution in [-0.4, -0.2) is 29.0 Å². The molecule has 1 aromatic carbocycles. The maximum absolute atomic E-state index is 11.3. The lowest BCUT2D eigenvalue weighted by atomic mass is 9.94. The molecule has 134 valence electrons. The Bertz CT molecular complexity index is 938. The Kier molecular flexibility index (Phi) is 4.59. The second-order valence-corrected chi connectivity index (χ2v) is 7.95. The number of aromatic nitrogens is 2. The summed E-state index contributed by atoms with van der Waals surface area (Å²) in [5, 5.41) is 1.10. The van der Waals surface area contributed by atoms with Gasteiger partial charge < -0.3 is 10.6 Å². The Morgan fingerprint density at radius 2 is 2.12 bits per heavy atom. The summed E-state index contributed by atoms with van der Waals surface area (Å²) in [6.07, 6.45) is 2.55. The Balaban J connectivity index is 1.72. The van der Waals surface area contributed by atoms with Crippen LogP contribution in [0, 0.1) is 12.8 Å². The first-order valence-corrected chi connectivity index (χ1v) is 9.78. The SMILES string of the molecule is Cc1nc(N2CCCC(CC(N)=O)C2)c2cc(-c3ccccc3)sc2n1. The van der Waals surface area contributed by atoms with E-state index >= 15 is 0 Å². The van der Waals surface area contributed by atoms with E-state index in [1.807, 2.05) is 13.0 Å². The van der Waals surface area contributed by atoms with Gasteiger partial charge in [0.15, 0.2) is 0 Å². The first-order valence-electron chi connectivity index (χ1n) is 8.97. The number of rotatable bonds is 4. The minimum Gasteiger partial charge on any atom is -0.370 e. The molecule has 0 bridgehead atoms. The molecule has 0 saturated carbocycles. The van der Waals surface area contributed by atoms with Gasteiger partial charge in [-0.3, -0.25) is 4.79 Å². The fraction of sp³-hybridized carbons (Fsp3) is 0.350. The summed E-state index contributed by atoms with van der Waals surface area (Å²) < 4.78 is 0. The van der Waals surface area contributed by atoms with Gasteiger partial charge in [0.2, 0.25) is 5.91 Å². The van der Waals surface area contributed by atoms with Gasteiger partial charge in [-0.15, -0.1) is 11.3 Å². The molecule has 2 aromatic heterocycles. The number of amides is 1. The Morgan fingerprint density at radius 1 is 1.31 bits per heavy atom. The molecule has 2 N–H and O–H groups in total. The number of hydrogen-bond acceptors (Lipinski definition) is 5. The molecule has 1 saturated heterocycles. The summed E-state index contributed by atoms with van der Waals surface area (Å²) in [4.78, 5) is 25.2. The summed E-state index contributed by atoms with van der Waals surface area (Å²) in [5.74, 6) is 1.85. The quantitative estimate of drug-likeness (QED) is 0.763. The van der Waals surface area contributed by atoms with E-state index in [1.54, 1.807) is 11.3 Å². The van der Waals surface area contributed by atoms with Gasteiger partial charge in [0.05, 0.1) is 5.39 Å². The van der Waals surface area contributed by atoms with E-state index in [0.29, 0.717) is 12.3 Å². The van der Waals surface area contributed by atoms with Crippen LogP contribution in [0.15, 0.2) is 36.4 Å². The van der Waals surface area contributed by atoms with Gasteiger partial charge in [0, 0.05) is 24.4 Å². The van der Waals surface area contributed by atoms with Crippen molar-refractivity contribution in [2.75, 3.05) is 18.0 Å². The highest BCUT2D eigenvalue weighted by molar-refractivity contribution is 7.21.